The summed E-state index contributed by atoms with van der Waals surface area (Å²) in [4.78, 5) is 0.339. The van der Waals surface area contributed by atoms with Crippen molar-refractivity contribution >= 4 is 17.2 Å². The second kappa shape index (κ2) is 6.45. The lowest BCUT2D eigenvalue weighted by Crippen LogP contribution is -2.16. The summed E-state index contributed by atoms with van der Waals surface area (Å²) in [7, 11) is 1.62. The predicted molar refractivity (Wildman–Crippen MR) is 73.9 cm³/mol. The summed E-state index contributed by atoms with van der Waals surface area (Å²) in [6.07, 6.45) is 2.21. The van der Waals surface area contributed by atoms with Crippen molar-refractivity contribution in [2.45, 2.75) is 32.8 Å². The Bertz CT molecular complexity index is 393. The fourth-order valence-corrected chi connectivity index (χ4v) is 1.78. The molecule has 1 aromatic rings. The number of nitrogens with two attached hydrogens (primary N) is 1. The minimum Gasteiger partial charge on any atom is -0.497 e. The van der Waals surface area contributed by atoms with Crippen molar-refractivity contribution in [3.8, 4) is 11.5 Å². The zero-order valence-electron chi connectivity index (χ0n) is 10.5. The van der Waals surface area contributed by atoms with E-state index in [2.05, 4.69) is 6.92 Å². The van der Waals surface area contributed by atoms with E-state index in [1.54, 1.807) is 7.11 Å². The highest BCUT2D eigenvalue weighted by Gasteiger charge is 2.11. The lowest BCUT2D eigenvalue weighted by atomic mass is 10.1. The first-order chi connectivity index (χ1) is 8.08. The molecule has 1 atom stereocenters. The highest BCUT2D eigenvalue weighted by Crippen LogP contribution is 2.26. The maximum absolute atomic E-state index is 5.84. The molecule has 0 aliphatic heterocycles. The molecule has 0 heterocycles. The van der Waals surface area contributed by atoms with E-state index in [4.69, 9.17) is 27.4 Å². The van der Waals surface area contributed by atoms with E-state index in [0.717, 1.165) is 24.2 Å². The number of hydrogen-bond donors (Lipinski definition) is 1. The van der Waals surface area contributed by atoms with E-state index >= 15 is 0 Å². The van der Waals surface area contributed by atoms with Gasteiger partial charge >= 0.3 is 0 Å². The number of rotatable bonds is 6. The van der Waals surface area contributed by atoms with Crippen molar-refractivity contribution in [3.63, 3.8) is 0 Å². The number of thiocarbonyl (C=S) groups is 1. The highest BCUT2D eigenvalue weighted by molar-refractivity contribution is 7.80. The van der Waals surface area contributed by atoms with Crippen molar-refractivity contribution in [1.82, 2.24) is 0 Å². The predicted octanol–water partition coefficient (Wildman–Crippen LogP) is 2.90. The smallest absolute Gasteiger partial charge is 0.133 e. The Morgan fingerprint density at radius 1 is 1.47 bits per heavy atom. The maximum atomic E-state index is 5.84. The van der Waals surface area contributed by atoms with Crippen molar-refractivity contribution in [1.29, 1.82) is 0 Å². The molecule has 2 N–H and O–H groups in total. The van der Waals surface area contributed by atoms with Crippen molar-refractivity contribution in [3.05, 3.63) is 23.8 Å². The molecule has 3 nitrogen and oxygen atoms in total. The van der Waals surface area contributed by atoms with Gasteiger partial charge in [-0.2, -0.15) is 0 Å². The molecule has 0 aliphatic carbocycles. The first kappa shape index (κ1) is 13.8. The Labute approximate surface area is 108 Å². The molecule has 0 saturated carbocycles. The summed E-state index contributed by atoms with van der Waals surface area (Å²) in [5, 5.41) is 0. The molecule has 0 fully saturated rings. The van der Waals surface area contributed by atoms with E-state index in [0.29, 0.717) is 10.7 Å². The average molecular weight is 253 g/mol. The van der Waals surface area contributed by atoms with Gasteiger partial charge < -0.3 is 15.2 Å². The number of methoxy groups -OCH3 is 1. The molecule has 1 rings (SSSR count). The van der Waals surface area contributed by atoms with Gasteiger partial charge in [-0.15, -0.1) is 0 Å². The fraction of sp³-hybridized carbons (Fsp3) is 0.462. The van der Waals surface area contributed by atoms with Crippen molar-refractivity contribution in [2.24, 2.45) is 5.73 Å². The lowest BCUT2D eigenvalue weighted by Gasteiger charge is -2.17. The van der Waals surface area contributed by atoms with Gasteiger partial charge in [0.05, 0.1) is 18.8 Å². The van der Waals surface area contributed by atoms with E-state index in [-0.39, 0.29) is 6.10 Å². The van der Waals surface area contributed by atoms with Crippen LogP contribution in [0, 0.1) is 0 Å². The summed E-state index contributed by atoms with van der Waals surface area (Å²) in [6, 6.07) is 5.47. The lowest BCUT2D eigenvalue weighted by molar-refractivity contribution is 0.209. The largest absolute Gasteiger partial charge is 0.497 e. The van der Waals surface area contributed by atoms with Crippen LogP contribution in [0.25, 0.3) is 0 Å². The maximum Gasteiger partial charge on any atom is 0.133 e. The van der Waals surface area contributed by atoms with Gasteiger partial charge in [-0.3, -0.25) is 0 Å². The van der Waals surface area contributed by atoms with Crippen LogP contribution in [0.1, 0.15) is 32.3 Å². The van der Waals surface area contributed by atoms with Gasteiger partial charge in [-0.05, 0) is 25.5 Å². The van der Waals surface area contributed by atoms with Crippen LogP contribution in [0.3, 0.4) is 0 Å². The monoisotopic (exact) mass is 253 g/mol. The minimum atomic E-state index is 0.139. The molecule has 0 aliphatic rings. The van der Waals surface area contributed by atoms with Crippen LogP contribution in [0.15, 0.2) is 18.2 Å². The number of benzene rings is 1. The number of ether oxygens (including phenoxy) is 2. The van der Waals surface area contributed by atoms with E-state index in [9.17, 15) is 0 Å². The minimum absolute atomic E-state index is 0.139. The Hall–Kier alpha value is -1.29. The van der Waals surface area contributed by atoms with Crippen LogP contribution in [-0.4, -0.2) is 18.2 Å². The molecule has 0 aromatic heterocycles. The Morgan fingerprint density at radius 3 is 2.71 bits per heavy atom. The average Bonchev–Trinajstić information content (AvgIpc) is 2.28. The van der Waals surface area contributed by atoms with Gasteiger partial charge in [-0.25, -0.2) is 0 Å². The summed E-state index contributed by atoms with van der Waals surface area (Å²) in [6.45, 7) is 4.16. The molecule has 0 saturated heterocycles. The molecule has 17 heavy (non-hydrogen) atoms. The van der Waals surface area contributed by atoms with Crippen LogP contribution in [0.2, 0.25) is 0 Å². The normalized spacial score (nSPS) is 11.9. The summed E-state index contributed by atoms with van der Waals surface area (Å²) in [5.74, 6) is 1.43. The van der Waals surface area contributed by atoms with Crippen LogP contribution < -0.4 is 15.2 Å². The van der Waals surface area contributed by atoms with E-state index in [1.807, 2.05) is 25.1 Å². The summed E-state index contributed by atoms with van der Waals surface area (Å²) < 4.78 is 11.0. The molecule has 94 valence electrons. The quantitative estimate of drug-likeness (QED) is 0.792. The summed E-state index contributed by atoms with van der Waals surface area (Å²) in [5.41, 5.74) is 6.42. The molecule has 0 amide bonds. The molecule has 0 radical (unpaired) electrons. The standard InChI is InChI=1S/C13H19NO2S/c1-4-5-9(2)16-12-8-10(15-3)6-7-11(12)13(14)17/h6-9H,4-5H2,1-3H3,(H2,14,17). The molecular formula is C13H19NO2S. The van der Waals surface area contributed by atoms with Crippen LogP contribution in [-0.2, 0) is 0 Å². The fourth-order valence-electron chi connectivity index (χ4n) is 1.61. The molecule has 0 bridgehead atoms. The van der Waals surface area contributed by atoms with Gasteiger partial charge in [0.15, 0.2) is 0 Å². The van der Waals surface area contributed by atoms with Gasteiger partial charge in [-0.1, -0.05) is 25.6 Å². The van der Waals surface area contributed by atoms with Gasteiger partial charge in [0.2, 0.25) is 0 Å². The molecule has 0 spiro atoms. The Balaban J connectivity index is 2.96. The van der Waals surface area contributed by atoms with Crippen LogP contribution >= 0.6 is 12.2 Å². The summed E-state index contributed by atoms with van der Waals surface area (Å²) >= 11 is 5.00. The van der Waals surface area contributed by atoms with Gasteiger partial charge in [0, 0.05) is 6.07 Å². The second-order valence-electron chi connectivity index (χ2n) is 3.94. The van der Waals surface area contributed by atoms with Crippen LogP contribution in [0.5, 0.6) is 11.5 Å². The van der Waals surface area contributed by atoms with E-state index in [1.165, 1.54) is 0 Å². The molecular weight excluding hydrogens is 234 g/mol. The third-order valence-corrected chi connectivity index (χ3v) is 2.70. The Morgan fingerprint density at radius 2 is 2.18 bits per heavy atom. The van der Waals surface area contributed by atoms with Gasteiger partial charge in [0.25, 0.3) is 0 Å². The molecule has 1 unspecified atom stereocenters. The van der Waals surface area contributed by atoms with Gasteiger partial charge in [0.1, 0.15) is 16.5 Å². The van der Waals surface area contributed by atoms with E-state index < -0.39 is 0 Å². The van der Waals surface area contributed by atoms with Crippen LogP contribution in [0.4, 0.5) is 0 Å². The third-order valence-electron chi connectivity index (χ3n) is 2.48. The molecule has 4 heteroatoms. The highest BCUT2D eigenvalue weighted by atomic mass is 32.1. The number of hydrogen-bond acceptors (Lipinski definition) is 3. The SMILES string of the molecule is CCCC(C)Oc1cc(OC)ccc1C(N)=S. The first-order valence-electron chi connectivity index (χ1n) is 5.73. The second-order valence-corrected chi connectivity index (χ2v) is 4.38. The first-order valence-corrected chi connectivity index (χ1v) is 6.13. The molecule has 1 aromatic carbocycles. The van der Waals surface area contributed by atoms with Crippen molar-refractivity contribution < 1.29 is 9.47 Å². The zero-order chi connectivity index (χ0) is 12.8. The topological polar surface area (TPSA) is 44.5 Å². The Kier molecular flexibility index (Phi) is 5.22. The van der Waals surface area contributed by atoms with Crippen molar-refractivity contribution in [2.75, 3.05) is 7.11 Å². The zero-order valence-corrected chi connectivity index (χ0v) is 11.3. The third kappa shape index (κ3) is 3.89.